The number of nitrogens with one attached hydrogen (secondary N) is 2. The fourth-order valence-electron chi connectivity index (χ4n) is 1.98. The standard InChI is InChI=1S/C14H22N6/c1-9(2)5-11-7-15-13(17-11)19-20-14-16-8-12(18-14)6-10(3)4/h7-10H,5-6H2,1-4H3,(H,15,17)(H,16,18). The second kappa shape index (κ2) is 6.45. The predicted molar refractivity (Wildman–Crippen MR) is 78.4 cm³/mol. The molecule has 0 radical (unpaired) electrons. The van der Waals surface area contributed by atoms with Gasteiger partial charge in [0.15, 0.2) is 0 Å². The summed E-state index contributed by atoms with van der Waals surface area (Å²) in [7, 11) is 0. The summed E-state index contributed by atoms with van der Waals surface area (Å²) in [5, 5.41) is 8.12. The van der Waals surface area contributed by atoms with Crippen LogP contribution >= 0.6 is 0 Å². The number of hydrogen-bond donors (Lipinski definition) is 2. The molecule has 20 heavy (non-hydrogen) atoms. The number of H-pyrrole nitrogens is 2. The lowest BCUT2D eigenvalue weighted by atomic mass is 10.1. The van der Waals surface area contributed by atoms with Crippen LogP contribution in [0.5, 0.6) is 0 Å². The number of nitrogens with zero attached hydrogens (tertiary/aromatic N) is 4. The van der Waals surface area contributed by atoms with E-state index < -0.39 is 0 Å². The van der Waals surface area contributed by atoms with Crippen molar-refractivity contribution in [3.8, 4) is 0 Å². The molecule has 2 heterocycles. The molecule has 6 nitrogen and oxygen atoms in total. The number of hydrogen-bond acceptors (Lipinski definition) is 4. The third-order valence-corrected chi connectivity index (χ3v) is 2.73. The van der Waals surface area contributed by atoms with Gasteiger partial charge in [0.05, 0.1) is 12.4 Å². The SMILES string of the molecule is CC(C)Cc1cnc(N=Nc2ncc(CC(C)C)[nH]2)[nH]1. The van der Waals surface area contributed by atoms with Crippen molar-refractivity contribution in [2.45, 2.75) is 40.5 Å². The molecule has 2 aromatic heterocycles. The van der Waals surface area contributed by atoms with Crippen LogP contribution in [0.2, 0.25) is 0 Å². The molecule has 0 fully saturated rings. The van der Waals surface area contributed by atoms with E-state index in [2.05, 4.69) is 57.9 Å². The first-order valence-corrected chi connectivity index (χ1v) is 7.02. The Hall–Kier alpha value is -1.98. The summed E-state index contributed by atoms with van der Waals surface area (Å²) in [6.07, 6.45) is 5.53. The van der Waals surface area contributed by atoms with Crippen molar-refractivity contribution in [3.63, 3.8) is 0 Å². The molecule has 0 aliphatic carbocycles. The molecule has 0 spiro atoms. The zero-order valence-corrected chi connectivity index (χ0v) is 12.5. The molecule has 0 aliphatic rings. The Bertz CT molecular complexity index is 513. The van der Waals surface area contributed by atoms with Gasteiger partial charge in [-0.05, 0) is 24.7 Å². The molecule has 0 aromatic carbocycles. The lowest BCUT2D eigenvalue weighted by Crippen LogP contribution is -1.93. The van der Waals surface area contributed by atoms with E-state index in [0.717, 1.165) is 24.2 Å². The summed E-state index contributed by atoms with van der Waals surface area (Å²) in [4.78, 5) is 14.6. The zero-order chi connectivity index (χ0) is 14.5. The van der Waals surface area contributed by atoms with Crippen LogP contribution in [0, 0.1) is 11.8 Å². The monoisotopic (exact) mass is 274 g/mol. The van der Waals surface area contributed by atoms with Crippen LogP contribution in [0.15, 0.2) is 22.6 Å². The van der Waals surface area contributed by atoms with Crippen LogP contribution in [-0.4, -0.2) is 19.9 Å². The van der Waals surface area contributed by atoms with Gasteiger partial charge in [0.2, 0.25) is 11.9 Å². The molecule has 0 saturated heterocycles. The fraction of sp³-hybridized carbons (Fsp3) is 0.571. The highest BCUT2D eigenvalue weighted by Gasteiger charge is 2.04. The number of rotatable bonds is 6. The second-order valence-corrected chi connectivity index (χ2v) is 5.86. The first kappa shape index (κ1) is 14.4. The van der Waals surface area contributed by atoms with Crippen LogP contribution in [0.1, 0.15) is 39.1 Å². The Balaban J connectivity index is 1.98. The summed E-state index contributed by atoms with van der Waals surface area (Å²) in [6.45, 7) is 8.67. The first-order valence-electron chi connectivity index (χ1n) is 7.02. The van der Waals surface area contributed by atoms with Crippen molar-refractivity contribution in [1.82, 2.24) is 19.9 Å². The zero-order valence-electron chi connectivity index (χ0n) is 12.5. The van der Waals surface area contributed by atoms with Crippen molar-refractivity contribution in [1.29, 1.82) is 0 Å². The molecular formula is C14H22N6. The molecule has 0 saturated carbocycles. The molecule has 0 aliphatic heterocycles. The summed E-state index contributed by atoms with van der Waals surface area (Å²) in [5.41, 5.74) is 2.16. The van der Waals surface area contributed by atoms with E-state index in [9.17, 15) is 0 Å². The highest BCUT2D eigenvalue weighted by molar-refractivity contribution is 5.21. The van der Waals surface area contributed by atoms with Crippen molar-refractivity contribution in [2.75, 3.05) is 0 Å². The normalized spacial score (nSPS) is 12.1. The third-order valence-electron chi connectivity index (χ3n) is 2.73. The molecule has 2 rings (SSSR count). The topological polar surface area (TPSA) is 82.1 Å². The summed E-state index contributed by atoms with van der Waals surface area (Å²) < 4.78 is 0. The van der Waals surface area contributed by atoms with Crippen LogP contribution in [-0.2, 0) is 12.8 Å². The number of aromatic amines is 2. The minimum absolute atomic E-state index is 0.516. The quantitative estimate of drug-likeness (QED) is 0.782. The summed E-state index contributed by atoms with van der Waals surface area (Å²) in [5.74, 6) is 2.21. The molecular weight excluding hydrogens is 252 g/mol. The molecule has 2 aromatic rings. The average molecular weight is 274 g/mol. The summed E-state index contributed by atoms with van der Waals surface area (Å²) in [6, 6.07) is 0. The van der Waals surface area contributed by atoms with Crippen molar-refractivity contribution >= 4 is 11.9 Å². The molecule has 2 N–H and O–H groups in total. The Morgan fingerprint density at radius 3 is 1.60 bits per heavy atom. The largest absolute Gasteiger partial charge is 0.325 e. The fourth-order valence-corrected chi connectivity index (χ4v) is 1.98. The maximum absolute atomic E-state index is 4.18. The van der Waals surface area contributed by atoms with Crippen LogP contribution < -0.4 is 0 Å². The van der Waals surface area contributed by atoms with Crippen molar-refractivity contribution < 1.29 is 0 Å². The highest BCUT2D eigenvalue weighted by Crippen LogP contribution is 2.15. The van der Waals surface area contributed by atoms with Gasteiger partial charge in [-0.15, -0.1) is 10.2 Å². The molecule has 6 heteroatoms. The van der Waals surface area contributed by atoms with Gasteiger partial charge in [-0.2, -0.15) is 0 Å². The number of aromatic nitrogens is 4. The Morgan fingerprint density at radius 1 is 0.850 bits per heavy atom. The van der Waals surface area contributed by atoms with Crippen LogP contribution in [0.3, 0.4) is 0 Å². The molecule has 0 amide bonds. The maximum atomic E-state index is 4.18. The second-order valence-electron chi connectivity index (χ2n) is 5.86. The van der Waals surface area contributed by atoms with Crippen molar-refractivity contribution in [2.24, 2.45) is 22.1 Å². The van der Waals surface area contributed by atoms with Crippen LogP contribution in [0.25, 0.3) is 0 Å². The van der Waals surface area contributed by atoms with E-state index >= 15 is 0 Å². The molecule has 0 atom stereocenters. The van der Waals surface area contributed by atoms with Gasteiger partial charge in [0.1, 0.15) is 0 Å². The van der Waals surface area contributed by atoms with E-state index in [1.165, 1.54) is 0 Å². The van der Waals surface area contributed by atoms with Crippen molar-refractivity contribution in [3.05, 3.63) is 23.8 Å². The van der Waals surface area contributed by atoms with Gasteiger partial charge in [-0.3, -0.25) is 0 Å². The van der Waals surface area contributed by atoms with E-state index in [4.69, 9.17) is 0 Å². The van der Waals surface area contributed by atoms with E-state index in [-0.39, 0.29) is 0 Å². The molecule has 0 unspecified atom stereocenters. The van der Waals surface area contributed by atoms with Gasteiger partial charge in [0.25, 0.3) is 0 Å². The van der Waals surface area contributed by atoms with E-state index in [0.29, 0.717) is 23.7 Å². The Morgan fingerprint density at radius 2 is 1.25 bits per heavy atom. The third kappa shape index (κ3) is 4.29. The smallest absolute Gasteiger partial charge is 0.247 e. The Labute approximate surface area is 119 Å². The Kier molecular flexibility index (Phi) is 4.65. The minimum atomic E-state index is 0.516. The van der Waals surface area contributed by atoms with Gasteiger partial charge < -0.3 is 9.97 Å². The molecule has 108 valence electrons. The number of imidazole rings is 2. The number of azo groups is 1. The van der Waals surface area contributed by atoms with Gasteiger partial charge in [0, 0.05) is 11.4 Å². The van der Waals surface area contributed by atoms with Gasteiger partial charge >= 0.3 is 0 Å². The van der Waals surface area contributed by atoms with Gasteiger partial charge in [-0.1, -0.05) is 27.7 Å². The highest BCUT2D eigenvalue weighted by atomic mass is 15.3. The van der Waals surface area contributed by atoms with E-state index in [1.807, 2.05) is 0 Å². The lowest BCUT2D eigenvalue weighted by Gasteiger charge is -1.99. The average Bonchev–Trinajstić information content (AvgIpc) is 2.94. The summed E-state index contributed by atoms with van der Waals surface area (Å²) >= 11 is 0. The van der Waals surface area contributed by atoms with Crippen LogP contribution in [0.4, 0.5) is 11.9 Å². The minimum Gasteiger partial charge on any atom is -0.325 e. The lowest BCUT2D eigenvalue weighted by molar-refractivity contribution is 0.637. The van der Waals surface area contributed by atoms with Gasteiger partial charge in [-0.25, -0.2) is 9.97 Å². The van der Waals surface area contributed by atoms with E-state index in [1.54, 1.807) is 12.4 Å². The maximum Gasteiger partial charge on any atom is 0.247 e. The first-order chi connectivity index (χ1) is 9.52. The predicted octanol–water partition coefficient (Wildman–Crippen LogP) is 3.95. The molecule has 0 bridgehead atoms.